The van der Waals surface area contributed by atoms with Crippen LogP contribution in [0.4, 0.5) is 0 Å². The van der Waals surface area contributed by atoms with Crippen molar-refractivity contribution >= 4 is 5.91 Å². The first-order chi connectivity index (χ1) is 10.3. The van der Waals surface area contributed by atoms with Gasteiger partial charge in [-0.2, -0.15) is 0 Å². The van der Waals surface area contributed by atoms with E-state index < -0.39 is 0 Å². The summed E-state index contributed by atoms with van der Waals surface area (Å²) in [7, 11) is 0. The van der Waals surface area contributed by atoms with Gasteiger partial charge in [-0.3, -0.25) is 9.69 Å². The Hall–Kier alpha value is -1.35. The summed E-state index contributed by atoms with van der Waals surface area (Å²) in [4.78, 5) is 14.6. The average molecular weight is 288 g/mol. The molecular weight excluding hydrogens is 260 g/mol. The Labute approximate surface area is 128 Å². The summed E-state index contributed by atoms with van der Waals surface area (Å²) in [6.07, 6.45) is 5.66. The molecule has 1 N–H and O–H groups in total. The molecule has 1 fully saturated rings. The summed E-state index contributed by atoms with van der Waals surface area (Å²) in [6, 6.07) is 10.5. The topological polar surface area (TPSA) is 32.3 Å². The van der Waals surface area contributed by atoms with Gasteiger partial charge in [-0.15, -0.1) is 0 Å². The molecular formula is C18H28N2O. The summed E-state index contributed by atoms with van der Waals surface area (Å²) in [5.41, 5.74) is 1.33. The predicted molar refractivity (Wildman–Crippen MR) is 87.0 cm³/mol. The molecule has 1 heterocycles. The number of rotatable bonds is 7. The molecule has 0 saturated carbocycles. The Balaban J connectivity index is 1.76. The molecule has 21 heavy (non-hydrogen) atoms. The Bertz CT molecular complexity index is 418. The van der Waals surface area contributed by atoms with Gasteiger partial charge in [0.1, 0.15) is 0 Å². The lowest BCUT2D eigenvalue weighted by Gasteiger charge is -2.32. The van der Waals surface area contributed by atoms with E-state index in [0.717, 1.165) is 45.4 Å². The van der Waals surface area contributed by atoms with E-state index in [2.05, 4.69) is 41.4 Å². The number of nitrogens with one attached hydrogen (secondary N) is 1. The highest BCUT2D eigenvalue weighted by Gasteiger charge is 2.25. The van der Waals surface area contributed by atoms with Crippen LogP contribution in [-0.2, 0) is 11.3 Å². The fourth-order valence-corrected chi connectivity index (χ4v) is 2.99. The second-order valence-corrected chi connectivity index (χ2v) is 6.06. The molecule has 116 valence electrons. The van der Waals surface area contributed by atoms with E-state index in [9.17, 15) is 4.79 Å². The number of carbonyl (C=O) groups excluding carboxylic acids is 1. The number of benzene rings is 1. The maximum Gasteiger partial charge on any atom is 0.224 e. The van der Waals surface area contributed by atoms with E-state index >= 15 is 0 Å². The van der Waals surface area contributed by atoms with E-state index in [1.54, 1.807) is 0 Å². The number of carbonyl (C=O) groups is 1. The molecule has 1 atom stereocenters. The molecule has 2 rings (SSSR count). The van der Waals surface area contributed by atoms with Crippen LogP contribution in [0, 0.1) is 5.92 Å². The largest absolute Gasteiger partial charge is 0.356 e. The molecule has 0 bridgehead atoms. The Morgan fingerprint density at radius 3 is 2.86 bits per heavy atom. The maximum absolute atomic E-state index is 12.2. The quantitative estimate of drug-likeness (QED) is 0.781. The summed E-state index contributed by atoms with van der Waals surface area (Å²) in [5.74, 6) is 0.424. The molecule has 1 aliphatic rings. The van der Waals surface area contributed by atoms with Crippen LogP contribution >= 0.6 is 0 Å². The summed E-state index contributed by atoms with van der Waals surface area (Å²) >= 11 is 0. The minimum Gasteiger partial charge on any atom is -0.356 e. The van der Waals surface area contributed by atoms with Crippen LogP contribution in [0.2, 0.25) is 0 Å². The number of hydrogen-bond donors (Lipinski definition) is 1. The van der Waals surface area contributed by atoms with Crippen molar-refractivity contribution in [3.8, 4) is 0 Å². The minimum absolute atomic E-state index is 0.170. The molecule has 0 aliphatic carbocycles. The minimum atomic E-state index is 0.170. The first-order valence-electron chi connectivity index (χ1n) is 8.33. The number of piperidine rings is 1. The molecule has 1 aromatic rings. The summed E-state index contributed by atoms with van der Waals surface area (Å²) < 4.78 is 0. The molecule has 0 spiro atoms. The van der Waals surface area contributed by atoms with E-state index in [1.165, 1.54) is 18.4 Å². The van der Waals surface area contributed by atoms with Crippen molar-refractivity contribution in [2.24, 2.45) is 5.92 Å². The van der Waals surface area contributed by atoms with Gasteiger partial charge in [-0.05, 0) is 31.4 Å². The van der Waals surface area contributed by atoms with Gasteiger partial charge in [0, 0.05) is 19.6 Å². The molecule has 3 nitrogen and oxygen atoms in total. The number of likely N-dealkylation sites (tertiary alicyclic amines) is 1. The second kappa shape index (κ2) is 8.83. The van der Waals surface area contributed by atoms with Gasteiger partial charge in [0.15, 0.2) is 0 Å². The van der Waals surface area contributed by atoms with E-state index in [-0.39, 0.29) is 11.8 Å². The van der Waals surface area contributed by atoms with Crippen LogP contribution in [0.1, 0.15) is 44.6 Å². The van der Waals surface area contributed by atoms with Gasteiger partial charge in [-0.25, -0.2) is 0 Å². The van der Waals surface area contributed by atoms with E-state index in [4.69, 9.17) is 0 Å². The molecule has 0 aromatic heterocycles. The number of nitrogens with zero attached hydrogens (tertiary/aromatic N) is 1. The van der Waals surface area contributed by atoms with Crippen molar-refractivity contribution in [1.29, 1.82) is 0 Å². The van der Waals surface area contributed by atoms with Crippen molar-refractivity contribution in [2.45, 2.75) is 45.6 Å². The Kier molecular flexibility index (Phi) is 6.74. The fourth-order valence-electron chi connectivity index (χ4n) is 2.99. The van der Waals surface area contributed by atoms with Gasteiger partial charge >= 0.3 is 0 Å². The number of amides is 1. The molecule has 1 saturated heterocycles. The number of unbranched alkanes of at least 4 members (excludes halogenated alkanes) is 2. The third-order valence-corrected chi connectivity index (χ3v) is 4.20. The first kappa shape index (κ1) is 16.0. The lowest BCUT2D eigenvalue weighted by molar-refractivity contribution is -0.126. The standard InChI is InChI=1S/C18H28N2O/c1-2-3-7-12-19-18(21)17-11-8-13-20(15-17)14-16-9-5-4-6-10-16/h4-6,9-10,17H,2-3,7-8,11-15H2,1H3,(H,19,21)/t17-/m1/s1. The SMILES string of the molecule is CCCCCNC(=O)[C@@H]1CCCN(Cc2ccccc2)C1. The zero-order valence-corrected chi connectivity index (χ0v) is 13.2. The lowest BCUT2D eigenvalue weighted by atomic mass is 9.96. The van der Waals surface area contributed by atoms with Crippen molar-refractivity contribution < 1.29 is 4.79 Å². The third-order valence-electron chi connectivity index (χ3n) is 4.20. The Morgan fingerprint density at radius 2 is 2.10 bits per heavy atom. The molecule has 1 aliphatic heterocycles. The van der Waals surface area contributed by atoms with Gasteiger partial charge in [0.05, 0.1) is 5.92 Å². The average Bonchev–Trinajstić information content (AvgIpc) is 2.53. The number of hydrogen-bond acceptors (Lipinski definition) is 2. The zero-order valence-electron chi connectivity index (χ0n) is 13.2. The van der Waals surface area contributed by atoms with Crippen LogP contribution in [-0.4, -0.2) is 30.4 Å². The zero-order chi connectivity index (χ0) is 14.9. The lowest BCUT2D eigenvalue weighted by Crippen LogP contribution is -2.42. The van der Waals surface area contributed by atoms with Gasteiger partial charge in [0.25, 0.3) is 0 Å². The summed E-state index contributed by atoms with van der Waals surface area (Å²) in [5, 5.41) is 3.11. The third kappa shape index (κ3) is 5.50. The normalized spacial score (nSPS) is 19.4. The highest BCUT2D eigenvalue weighted by molar-refractivity contribution is 5.78. The first-order valence-corrected chi connectivity index (χ1v) is 8.33. The van der Waals surface area contributed by atoms with Gasteiger partial charge < -0.3 is 5.32 Å². The molecule has 0 unspecified atom stereocenters. The molecule has 1 aromatic carbocycles. The highest BCUT2D eigenvalue weighted by atomic mass is 16.1. The van der Waals surface area contributed by atoms with Crippen molar-refractivity contribution in [3.63, 3.8) is 0 Å². The van der Waals surface area contributed by atoms with Gasteiger partial charge in [0.2, 0.25) is 5.91 Å². The second-order valence-electron chi connectivity index (χ2n) is 6.06. The molecule has 1 amide bonds. The monoisotopic (exact) mass is 288 g/mol. The molecule has 3 heteroatoms. The van der Waals surface area contributed by atoms with Crippen LogP contribution in [0.3, 0.4) is 0 Å². The maximum atomic E-state index is 12.2. The smallest absolute Gasteiger partial charge is 0.224 e. The highest BCUT2D eigenvalue weighted by Crippen LogP contribution is 2.18. The summed E-state index contributed by atoms with van der Waals surface area (Å²) in [6.45, 7) is 5.98. The van der Waals surface area contributed by atoms with Crippen LogP contribution in [0.5, 0.6) is 0 Å². The Morgan fingerprint density at radius 1 is 1.29 bits per heavy atom. The van der Waals surface area contributed by atoms with E-state index in [0.29, 0.717) is 0 Å². The van der Waals surface area contributed by atoms with Crippen molar-refractivity contribution in [1.82, 2.24) is 10.2 Å². The van der Waals surface area contributed by atoms with Crippen molar-refractivity contribution in [2.75, 3.05) is 19.6 Å². The van der Waals surface area contributed by atoms with Crippen molar-refractivity contribution in [3.05, 3.63) is 35.9 Å². The van der Waals surface area contributed by atoms with Crippen LogP contribution in [0.25, 0.3) is 0 Å². The predicted octanol–water partition coefficient (Wildman–Crippen LogP) is 3.21. The molecule has 0 radical (unpaired) electrons. The van der Waals surface area contributed by atoms with Gasteiger partial charge in [-0.1, -0.05) is 50.1 Å². The van der Waals surface area contributed by atoms with Crippen LogP contribution < -0.4 is 5.32 Å². The van der Waals surface area contributed by atoms with E-state index in [1.807, 2.05) is 6.07 Å². The van der Waals surface area contributed by atoms with Crippen LogP contribution in [0.15, 0.2) is 30.3 Å². The fraction of sp³-hybridized carbons (Fsp3) is 0.611.